The Morgan fingerprint density at radius 3 is 0.933 bits per heavy atom. The molecule has 0 aromatic carbocycles. The molecule has 0 bridgehead atoms. The van der Waals surface area contributed by atoms with Gasteiger partial charge in [0.15, 0.2) is 0 Å². The Hall–Kier alpha value is -1.38. The van der Waals surface area contributed by atoms with E-state index in [1.807, 2.05) is 0 Å². The van der Waals surface area contributed by atoms with E-state index in [1.54, 1.807) is 0 Å². The maximum atomic E-state index is 11.6. The summed E-state index contributed by atoms with van der Waals surface area (Å²) in [5.41, 5.74) is 11.0. The Labute approximate surface area is 407 Å². The molecule has 0 unspecified atom stereocenters. The summed E-state index contributed by atoms with van der Waals surface area (Å²) in [6.07, 6.45) is 39.1. The first-order valence-electron chi connectivity index (χ1n) is 22.6. The zero-order valence-corrected chi connectivity index (χ0v) is 42.3. The molecule has 2 atom stereocenters. The van der Waals surface area contributed by atoms with E-state index in [9.17, 15) is 39.0 Å². The number of carbonyl (C=O) groups is 6. The molecule has 0 rings (SSSR count). The molecule has 0 aromatic heterocycles. The summed E-state index contributed by atoms with van der Waals surface area (Å²) in [6.45, 7) is 4.48. The van der Waals surface area contributed by atoms with Crippen LogP contribution < -0.4 is 80.8 Å². The van der Waals surface area contributed by atoms with Crippen LogP contribution in [-0.2, 0) is 38.2 Å². The number of hydrogen-bond acceptors (Lipinski definition) is 12. The van der Waals surface area contributed by atoms with Crippen LogP contribution in [0.1, 0.15) is 219 Å². The third kappa shape index (κ3) is 51.0. The first-order chi connectivity index (χ1) is 27.9. The summed E-state index contributed by atoms with van der Waals surface area (Å²) in [6, 6.07) is -2.21. The van der Waals surface area contributed by atoms with Crippen molar-refractivity contribution in [2.45, 2.75) is 231 Å². The molecule has 0 aliphatic carbocycles. The molecular weight excluding hydrogens is 786 g/mol. The number of carboxylic acids is 2. The molecule has 0 aliphatic rings. The van der Waals surface area contributed by atoms with Gasteiger partial charge in [-0.05, 0) is 89.9 Å². The van der Waals surface area contributed by atoms with E-state index in [-0.39, 0.29) is 97.6 Å². The van der Waals surface area contributed by atoms with E-state index in [2.05, 4.69) is 47.6 Å². The summed E-state index contributed by atoms with van der Waals surface area (Å²) < 4.78 is 9.28. The number of unbranched alkanes of at least 4 members (excludes halogenated alkanes) is 22. The third-order valence-corrected chi connectivity index (χ3v) is 9.64. The monoisotopic (exact) mass is 867 g/mol. The molecule has 0 spiro atoms. The zero-order chi connectivity index (χ0) is 43.5. The van der Waals surface area contributed by atoms with Crippen molar-refractivity contribution in [1.29, 1.82) is 0 Å². The van der Waals surface area contributed by atoms with Gasteiger partial charge in [-0.2, -0.15) is 0 Å². The number of aliphatic carboxylic acids is 2. The zero-order valence-electron chi connectivity index (χ0n) is 38.3. The molecule has 0 radical (unpaired) electrons. The number of esters is 4. The second-order valence-corrected chi connectivity index (χ2v) is 15.3. The average Bonchev–Trinajstić information content (AvgIpc) is 3.19. The number of hydrogen-bond donors (Lipinski definition) is 2. The van der Waals surface area contributed by atoms with Crippen LogP contribution in [0.15, 0.2) is 24.3 Å². The first kappa shape index (κ1) is 65.2. The molecule has 14 heteroatoms. The minimum atomic E-state index is -1.28. The van der Waals surface area contributed by atoms with Crippen LogP contribution in [0.3, 0.4) is 0 Å². The quantitative estimate of drug-likeness (QED) is 0.0299. The van der Waals surface area contributed by atoms with Crippen LogP contribution in [0.4, 0.5) is 0 Å². The van der Waals surface area contributed by atoms with E-state index in [1.165, 1.54) is 89.9 Å². The topological polar surface area (TPSA) is 219 Å². The van der Waals surface area contributed by atoms with Gasteiger partial charge in [-0.3, -0.25) is 9.59 Å². The summed E-state index contributed by atoms with van der Waals surface area (Å²) in [5, 5.41) is 20.7. The van der Waals surface area contributed by atoms with Gasteiger partial charge in [0.05, 0.1) is 0 Å². The number of carbonyl (C=O) groups excluding carboxylic acids is 6. The minimum absolute atomic E-state index is 0. The van der Waals surface area contributed by atoms with Gasteiger partial charge >= 0.3 is 83.0 Å². The van der Waals surface area contributed by atoms with Crippen molar-refractivity contribution in [3.05, 3.63) is 24.3 Å². The van der Waals surface area contributed by atoms with Crippen molar-refractivity contribution in [2.24, 2.45) is 11.5 Å². The summed E-state index contributed by atoms with van der Waals surface area (Å²) in [4.78, 5) is 66.9. The van der Waals surface area contributed by atoms with E-state index in [0.29, 0.717) is 12.8 Å². The van der Waals surface area contributed by atoms with Crippen LogP contribution in [0.2, 0.25) is 0 Å². The third-order valence-electron chi connectivity index (χ3n) is 9.64. The summed E-state index contributed by atoms with van der Waals surface area (Å²) in [5.74, 6) is -5.51. The normalized spacial score (nSPS) is 11.8. The Balaban J connectivity index is -0.000000506. The van der Waals surface area contributed by atoms with E-state index in [4.69, 9.17) is 11.5 Å². The molecule has 0 aromatic rings. The molecule has 4 N–H and O–H groups in total. The van der Waals surface area contributed by atoms with Crippen molar-refractivity contribution in [3.63, 3.8) is 0 Å². The van der Waals surface area contributed by atoms with Gasteiger partial charge in [0.2, 0.25) is 0 Å². The van der Waals surface area contributed by atoms with E-state index < -0.39 is 47.9 Å². The molecule has 60 heavy (non-hydrogen) atoms. The Kier molecular flexibility index (Phi) is 54.7. The first-order valence-corrected chi connectivity index (χ1v) is 22.6. The van der Waals surface area contributed by atoms with Crippen molar-refractivity contribution in [3.8, 4) is 0 Å². The van der Waals surface area contributed by atoms with Gasteiger partial charge in [0.25, 0.3) is 0 Å². The van der Waals surface area contributed by atoms with Crippen molar-refractivity contribution in [2.75, 3.05) is 0 Å². The Morgan fingerprint density at radius 1 is 0.417 bits per heavy atom. The SMILES string of the molecule is CCCCCCCC/C=C\CCCCCCCC(=O)OC(=O)[C@@H](N)CCC(=O)[O-].CCCCCCCC/C=C\CCCCCCCC(=O)OC(=O)[C@@H](N)CCC(=O)[O-].[Na+].[Na+]. The van der Waals surface area contributed by atoms with Crippen LogP contribution >= 0.6 is 0 Å². The van der Waals surface area contributed by atoms with Crippen molar-refractivity contribution in [1.82, 2.24) is 0 Å². The number of rotatable bonds is 38. The molecule has 0 fully saturated rings. The largest absolute Gasteiger partial charge is 1.00 e. The molecular formula is C46H80N2Na2O10. The predicted octanol–water partition coefficient (Wildman–Crippen LogP) is 1.91. The van der Waals surface area contributed by atoms with Crippen molar-refractivity contribution >= 4 is 35.8 Å². The van der Waals surface area contributed by atoms with E-state index >= 15 is 0 Å². The Morgan fingerprint density at radius 2 is 0.667 bits per heavy atom. The van der Waals surface area contributed by atoms with Crippen LogP contribution in [-0.4, -0.2) is 47.9 Å². The van der Waals surface area contributed by atoms with Gasteiger partial charge in [-0.25, -0.2) is 9.59 Å². The molecule has 336 valence electrons. The van der Waals surface area contributed by atoms with Gasteiger partial charge in [-0.15, -0.1) is 0 Å². The maximum Gasteiger partial charge on any atom is 1.00 e. The number of ether oxygens (including phenoxy) is 2. The van der Waals surface area contributed by atoms with Crippen molar-refractivity contribution < 1.29 is 108 Å². The number of nitrogens with two attached hydrogens (primary N) is 2. The van der Waals surface area contributed by atoms with Gasteiger partial charge in [-0.1, -0.05) is 141 Å². The van der Waals surface area contributed by atoms with E-state index in [0.717, 1.165) is 64.2 Å². The average molecular weight is 867 g/mol. The van der Waals surface area contributed by atoms with Crippen LogP contribution in [0, 0.1) is 0 Å². The molecule has 0 saturated heterocycles. The fourth-order valence-corrected chi connectivity index (χ4v) is 5.94. The summed E-state index contributed by atoms with van der Waals surface area (Å²) in [7, 11) is 0. The van der Waals surface area contributed by atoms with Gasteiger partial charge in [0, 0.05) is 24.8 Å². The Bertz CT molecular complexity index is 1050. The maximum absolute atomic E-state index is 11.6. The number of allylic oxidation sites excluding steroid dienone is 4. The standard InChI is InChI=1S/2C23H41NO5.2Na/c2*1-2-3-4-5-6-7-8-9-10-11-12-13-14-15-16-17-22(27)29-23(28)20(24)18-19-21(25)26;;/h2*9-10,20H,2-8,11-19,24H2,1H3,(H,25,26);;/q;;2*+1/p-2/b2*10-9-;;/t2*20-;;/m00../s1. The number of carboxylic acid groups (broad SMARTS) is 2. The minimum Gasteiger partial charge on any atom is -0.550 e. The molecule has 0 saturated carbocycles. The van der Waals surface area contributed by atoms with Gasteiger partial charge < -0.3 is 40.7 Å². The fourth-order valence-electron chi connectivity index (χ4n) is 5.94. The molecule has 12 nitrogen and oxygen atoms in total. The molecule has 0 heterocycles. The van der Waals surface area contributed by atoms with Crippen LogP contribution in [0.5, 0.6) is 0 Å². The predicted molar refractivity (Wildman–Crippen MR) is 226 cm³/mol. The van der Waals surface area contributed by atoms with Gasteiger partial charge in [0.1, 0.15) is 12.1 Å². The molecule has 0 amide bonds. The second-order valence-electron chi connectivity index (χ2n) is 15.3. The smallest absolute Gasteiger partial charge is 0.550 e. The second kappa shape index (κ2) is 50.3. The van der Waals surface area contributed by atoms with Crippen LogP contribution in [0.25, 0.3) is 0 Å². The summed E-state index contributed by atoms with van der Waals surface area (Å²) >= 11 is 0. The molecule has 0 aliphatic heterocycles. The fraction of sp³-hybridized carbons (Fsp3) is 0.783.